The van der Waals surface area contributed by atoms with Crippen LogP contribution in [0.3, 0.4) is 0 Å². The van der Waals surface area contributed by atoms with Gasteiger partial charge in [-0.3, -0.25) is 4.98 Å². The maximum Gasteiger partial charge on any atom is 0.151 e. The maximum absolute atomic E-state index is 13.5. The molecular weight excluding hydrogens is 260 g/mol. The van der Waals surface area contributed by atoms with Gasteiger partial charge < -0.3 is 10.6 Å². The third-order valence-electron chi connectivity index (χ3n) is 3.09. The quantitative estimate of drug-likeness (QED) is 0.872. The number of halogens is 2. The van der Waals surface area contributed by atoms with Crippen LogP contribution in [0, 0.1) is 18.6 Å². The van der Waals surface area contributed by atoms with E-state index in [1.54, 1.807) is 4.90 Å². The van der Waals surface area contributed by atoms with E-state index >= 15 is 0 Å². The first-order valence-electron chi connectivity index (χ1n) is 6.43. The van der Waals surface area contributed by atoms with E-state index < -0.39 is 11.6 Å². The van der Waals surface area contributed by atoms with E-state index in [0.29, 0.717) is 18.8 Å². The monoisotopic (exact) mass is 277 g/mol. The van der Waals surface area contributed by atoms with Gasteiger partial charge in [-0.05, 0) is 32.0 Å². The van der Waals surface area contributed by atoms with Crippen LogP contribution in [0.4, 0.5) is 20.2 Å². The molecule has 0 radical (unpaired) electrons. The zero-order valence-electron chi connectivity index (χ0n) is 11.5. The van der Waals surface area contributed by atoms with Gasteiger partial charge in [-0.25, -0.2) is 8.78 Å². The summed E-state index contributed by atoms with van der Waals surface area (Å²) in [6, 6.07) is 7.72. The van der Waals surface area contributed by atoms with Gasteiger partial charge in [0.1, 0.15) is 5.82 Å². The molecule has 0 spiro atoms. The summed E-state index contributed by atoms with van der Waals surface area (Å²) in [5.41, 5.74) is 7.75. The highest BCUT2D eigenvalue weighted by atomic mass is 19.1. The third-order valence-corrected chi connectivity index (χ3v) is 3.09. The SMILES string of the molecule is CCN(Cc1cccc(C)n1)c1cc(F)cc(F)c1N. The lowest BCUT2D eigenvalue weighted by molar-refractivity contribution is 0.584. The number of aryl methyl sites for hydroxylation is 1. The Kier molecular flexibility index (Phi) is 4.17. The van der Waals surface area contributed by atoms with Gasteiger partial charge >= 0.3 is 0 Å². The molecular formula is C15H17F2N3. The minimum atomic E-state index is -0.740. The fraction of sp³-hybridized carbons (Fsp3) is 0.267. The number of rotatable bonds is 4. The Morgan fingerprint density at radius 1 is 1.25 bits per heavy atom. The highest BCUT2D eigenvalue weighted by Gasteiger charge is 2.14. The van der Waals surface area contributed by atoms with Crippen molar-refractivity contribution in [3.63, 3.8) is 0 Å². The average molecular weight is 277 g/mol. The van der Waals surface area contributed by atoms with Crippen molar-refractivity contribution >= 4 is 11.4 Å². The molecule has 0 bridgehead atoms. The molecule has 0 atom stereocenters. The van der Waals surface area contributed by atoms with Crippen molar-refractivity contribution in [1.29, 1.82) is 0 Å². The molecule has 5 heteroatoms. The molecule has 2 rings (SSSR count). The summed E-state index contributed by atoms with van der Waals surface area (Å²) in [5.74, 6) is -1.38. The number of benzene rings is 1. The zero-order valence-corrected chi connectivity index (χ0v) is 11.5. The summed E-state index contributed by atoms with van der Waals surface area (Å²) in [7, 11) is 0. The summed E-state index contributed by atoms with van der Waals surface area (Å²) in [6.07, 6.45) is 0. The molecule has 0 amide bonds. The molecule has 0 fully saturated rings. The second-order valence-corrected chi connectivity index (χ2v) is 4.60. The topological polar surface area (TPSA) is 42.2 Å². The number of nitrogens with two attached hydrogens (primary N) is 1. The van der Waals surface area contributed by atoms with Crippen molar-refractivity contribution in [3.8, 4) is 0 Å². The van der Waals surface area contributed by atoms with Crippen LogP contribution in [-0.4, -0.2) is 11.5 Å². The van der Waals surface area contributed by atoms with Crippen LogP contribution in [0.1, 0.15) is 18.3 Å². The van der Waals surface area contributed by atoms with Gasteiger partial charge in [-0.15, -0.1) is 0 Å². The highest BCUT2D eigenvalue weighted by molar-refractivity contribution is 5.68. The second-order valence-electron chi connectivity index (χ2n) is 4.60. The van der Waals surface area contributed by atoms with E-state index in [2.05, 4.69) is 4.98 Å². The molecule has 2 aromatic rings. The summed E-state index contributed by atoms with van der Waals surface area (Å²) < 4.78 is 26.9. The Bertz CT molecular complexity index is 614. The fourth-order valence-corrected chi connectivity index (χ4v) is 2.08. The molecule has 1 aromatic heterocycles. The largest absolute Gasteiger partial charge is 0.395 e. The molecule has 1 aromatic carbocycles. The predicted molar refractivity (Wildman–Crippen MR) is 76.5 cm³/mol. The van der Waals surface area contributed by atoms with E-state index in [4.69, 9.17) is 5.73 Å². The molecule has 0 aliphatic carbocycles. The molecule has 106 valence electrons. The lowest BCUT2D eigenvalue weighted by atomic mass is 10.2. The number of pyridine rings is 1. The standard InChI is InChI=1S/C15H17F2N3/c1-3-20(9-12-6-4-5-10(2)19-12)14-8-11(16)7-13(17)15(14)18/h4-8H,3,9,18H2,1-2H3. The number of hydrogen-bond donors (Lipinski definition) is 1. The summed E-state index contributed by atoms with van der Waals surface area (Å²) in [5, 5.41) is 0. The molecule has 20 heavy (non-hydrogen) atoms. The second kappa shape index (κ2) is 5.86. The van der Waals surface area contributed by atoms with E-state index in [9.17, 15) is 8.78 Å². The Labute approximate surface area is 117 Å². The van der Waals surface area contributed by atoms with Gasteiger partial charge in [0.2, 0.25) is 0 Å². The van der Waals surface area contributed by atoms with Crippen molar-refractivity contribution in [1.82, 2.24) is 4.98 Å². The minimum Gasteiger partial charge on any atom is -0.395 e. The summed E-state index contributed by atoms with van der Waals surface area (Å²) >= 11 is 0. The van der Waals surface area contributed by atoms with Crippen molar-refractivity contribution in [3.05, 3.63) is 53.4 Å². The molecule has 0 saturated heterocycles. The Hall–Kier alpha value is -2.17. The lowest BCUT2D eigenvalue weighted by Gasteiger charge is -2.24. The van der Waals surface area contributed by atoms with Gasteiger partial charge in [-0.2, -0.15) is 0 Å². The first-order valence-corrected chi connectivity index (χ1v) is 6.43. The number of hydrogen-bond acceptors (Lipinski definition) is 3. The van der Waals surface area contributed by atoms with Crippen molar-refractivity contribution in [2.75, 3.05) is 17.2 Å². The van der Waals surface area contributed by atoms with E-state index in [-0.39, 0.29) is 5.69 Å². The molecule has 1 heterocycles. The van der Waals surface area contributed by atoms with Crippen molar-refractivity contribution < 1.29 is 8.78 Å². The first kappa shape index (κ1) is 14.2. The molecule has 0 saturated carbocycles. The number of anilines is 2. The first-order chi connectivity index (χ1) is 9.51. The fourth-order valence-electron chi connectivity index (χ4n) is 2.08. The van der Waals surface area contributed by atoms with E-state index in [1.165, 1.54) is 6.07 Å². The lowest BCUT2D eigenvalue weighted by Crippen LogP contribution is -2.24. The van der Waals surface area contributed by atoms with E-state index in [1.807, 2.05) is 32.0 Å². The zero-order chi connectivity index (χ0) is 14.7. The van der Waals surface area contributed by atoms with Crippen LogP contribution in [0.15, 0.2) is 30.3 Å². The van der Waals surface area contributed by atoms with Gasteiger partial charge in [0.05, 0.1) is 23.6 Å². The third kappa shape index (κ3) is 3.04. The van der Waals surface area contributed by atoms with Gasteiger partial charge in [0.25, 0.3) is 0 Å². The van der Waals surface area contributed by atoms with Crippen LogP contribution in [0.2, 0.25) is 0 Å². The summed E-state index contributed by atoms with van der Waals surface area (Å²) in [4.78, 5) is 6.19. The normalized spacial score (nSPS) is 10.6. The molecule has 0 aliphatic heterocycles. The van der Waals surface area contributed by atoms with Crippen LogP contribution in [0.25, 0.3) is 0 Å². The van der Waals surface area contributed by atoms with E-state index in [0.717, 1.165) is 17.5 Å². The molecule has 0 aliphatic rings. The Morgan fingerprint density at radius 3 is 2.65 bits per heavy atom. The van der Waals surface area contributed by atoms with Crippen LogP contribution in [-0.2, 0) is 6.54 Å². The van der Waals surface area contributed by atoms with Gasteiger partial charge in [0, 0.05) is 18.3 Å². The molecule has 3 nitrogen and oxygen atoms in total. The highest BCUT2D eigenvalue weighted by Crippen LogP contribution is 2.28. The van der Waals surface area contributed by atoms with Gasteiger partial charge in [-0.1, -0.05) is 6.07 Å². The van der Waals surface area contributed by atoms with Crippen LogP contribution >= 0.6 is 0 Å². The van der Waals surface area contributed by atoms with Crippen LogP contribution < -0.4 is 10.6 Å². The predicted octanol–water partition coefficient (Wildman–Crippen LogP) is 3.28. The molecule has 2 N–H and O–H groups in total. The Balaban J connectivity index is 2.33. The minimum absolute atomic E-state index is 0.0408. The number of nitrogens with zero attached hydrogens (tertiary/aromatic N) is 2. The Morgan fingerprint density at radius 2 is 2.00 bits per heavy atom. The van der Waals surface area contributed by atoms with Crippen LogP contribution in [0.5, 0.6) is 0 Å². The number of nitrogen functional groups attached to an aromatic ring is 1. The maximum atomic E-state index is 13.5. The average Bonchev–Trinajstić information content (AvgIpc) is 2.40. The van der Waals surface area contributed by atoms with Crippen molar-refractivity contribution in [2.24, 2.45) is 0 Å². The summed E-state index contributed by atoms with van der Waals surface area (Å²) in [6.45, 7) is 4.82. The number of aromatic nitrogens is 1. The smallest absolute Gasteiger partial charge is 0.151 e. The van der Waals surface area contributed by atoms with Crippen molar-refractivity contribution in [2.45, 2.75) is 20.4 Å². The molecule has 0 unspecified atom stereocenters. The van der Waals surface area contributed by atoms with Gasteiger partial charge in [0.15, 0.2) is 5.82 Å².